The molecule has 0 spiro atoms. The number of amides is 2. The minimum absolute atomic E-state index is 0.332. The van der Waals surface area contributed by atoms with E-state index in [9.17, 15) is 19.7 Å². The number of aromatic nitrogens is 1. The average molecular weight is 289 g/mol. The molecule has 1 heterocycles. The van der Waals surface area contributed by atoms with Crippen LogP contribution in [0.4, 0.5) is 5.69 Å². The van der Waals surface area contributed by atoms with E-state index in [1.165, 1.54) is 0 Å². The van der Waals surface area contributed by atoms with Crippen molar-refractivity contribution in [1.29, 1.82) is 0 Å². The van der Waals surface area contributed by atoms with E-state index in [0.717, 1.165) is 12.3 Å². The summed E-state index contributed by atoms with van der Waals surface area (Å²) in [5.74, 6) is -1.90. The van der Waals surface area contributed by atoms with Gasteiger partial charge in [0.25, 0.3) is 5.91 Å². The SMILES string of the molecule is NC(=O)C(O)CNC(=O)c1ccnc(Cl)c1[N+](=O)[O-]. The van der Waals surface area contributed by atoms with Gasteiger partial charge in [0.15, 0.2) is 0 Å². The minimum Gasteiger partial charge on any atom is -0.381 e. The van der Waals surface area contributed by atoms with Crippen LogP contribution in [0.15, 0.2) is 12.3 Å². The zero-order valence-electron chi connectivity index (χ0n) is 9.37. The number of nitrogens with zero attached hydrogens (tertiary/aromatic N) is 2. The molecule has 0 aromatic carbocycles. The van der Waals surface area contributed by atoms with Gasteiger partial charge in [-0.1, -0.05) is 11.6 Å². The van der Waals surface area contributed by atoms with Gasteiger partial charge in [-0.05, 0) is 6.07 Å². The van der Waals surface area contributed by atoms with Crippen molar-refractivity contribution in [2.45, 2.75) is 6.10 Å². The number of primary amides is 1. The topological polar surface area (TPSA) is 148 Å². The van der Waals surface area contributed by atoms with Crippen molar-refractivity contribution >= 4 is 29.1 Å². The van der Waals surface area contributed by atoms with Crippen LogP contribution in [-0.2, 0) is 4.79 Å². The number of hydrogen-bond acceptors (Lipinski definition) is 6. The molecule has 4 N–H and O–H groups in total. The Morgan fingerprint density at radius 3 is 2.79 bits per heavy atom. The Hall–Kier alpha value is -2.26. The molecule has 1 rings (SSSR count). The maximum absolute atomic E-state index is 11.7. The molecule has 0 saturated carbocycles. The van der Waals surface area contributed by atoms with Crippen molar-refractivity contribution in [3.8, 4) is 0 Å². The van der Waals surface area contributed by atoms with Gasteiger partial charge in [-0.3, -0.25) is 19.7 Å². The summed E-state index contributed by atoms with van der Waals surface area (Å²) in [6, 6.07) is 1.09. The fourth-order valence-electron chi connectivity index (χ4n) is 1.17. The zero-order valence-corrected chi connectivity index (χ0v) is 10.1. The predicted molar refractivity (Wildman–Crippen MR) is 63.4 cm³/mol. The van der Waals surface area contributed by atoms with E-state index in [2.05, 4.69) is 10.3 Å². The quantitative estimate of drug-likeness (QED) is 0.367. The number of halogens is 1. The van der Waals surface area contributed by atoms with Crippen LogP contribution in [0.3, 0.4) is 0 Å². The summed E-state index contributed by atoms with van der Waals surface area (Å²) < 4.78 is 0. The highest BCUT2D eigenvalue weighted by Crippen LogP contribution is 2.25. The summed E-state index contributed by atoms with van der Waals surface area (Å²) >= 11 is 5.53. The molecular formula is C9H9ClN4O5. The highest BCUT2D eigenvalue weighted by Gasteiger charge is 2.25. The largest absolute Gasteiger partial charge is 0.381 e. The lowest BCUT2D eigenvalue weighted by atomic mass is 10.2. The fourth-order valence-corrected chi connectivity index (χ4v) is 1.40. The molecule has 0 aliphatic heterocycles. The van der Waals surface area contributed by atoms with E-state index in [4.69, 9.17) is 22.4 Å². The second-order valence-corrected chi connectivity index (χ2v) is 3.74. The number of aliphatic hydroxyl groups excluding tert-OH is 1. The molecule has 2 amide bonds. The molecule has 0 radical (unpaired) electrons. The Balaban J connectivity index is 2.92. The molecule has 1 unspecified atom stereocenters. The number of nitrogens with two attached hydrogens (primary N) is 1. The van der Waals surface area contributed by atoms with Crippen LogP contribution in [-0.4, -0.2) is 39.5 Å². The number of nitrogens with one attached hydrogen (secondary N) is 1. The van der Waals surface area contributed by atoms with E-state index in [1.807, 2.05) is 0 Å². The van der Waals surface area contributed by atoms with E-state index < -0.39 is 40.2 Å². The molecule has 1 atom stereocenters. The van der Waals surface area contributed by atoms with Crippen molar-refractivity contribution < 1.29 is 19.6 Å². The van der Waals surface area contributed by atoms with Gasteiger partial charge >= 0.3 is 5.69 Å². The second kappa shape index (κ2) is 6.07. The Kier molecular flexibility index (Phi) is 4.73. The van der Waals surface area contributed by atoms with Crippen molar-refractivity contribution in [3.63, 3.8) is 0 Å². The number of pyridine rings is 1. The van der Waals surface area contributed by atoms with Crippen molar-refractivity contribution in [1.82, 2.24) is 10.3 Å². The summed E-state index contributed by atoms with van der Waals surface area (Å²) in [6.45, 7) is -0.467. The standard InChI is InChI=1S/C9H9ClN4O5/c10-7-6(14(18)19)4(1-2-12-7)9(17)13-3-5(15)8(11)16/h1-2,5,15H,3H2,(H2,11,16)(H,13,17). The molecule has 0 fully saturated rings. The van der Waals surface area contributed by atoms with Gasteiger partial charge in [0.1, 0.15) is 11.7 Å². The number of hydrogen-bond donors (Lipinski definition) is 3. The van der Waals surface area contributed by atoms with Crippen LogP contribution in [0.25, 0.3) is 0 Å². The second-order valence-electron chi connectivity index (χ2n) is 3.38. The van der Waals surface area contributed by atoms with Crippen LogP contribution in [0, 0.1) is 10.1 Å². The lowest BCUT2D eigenvalue weighted by Crippen LogP contribution is -2.40. The molecule has 0 bridgehead atoms. The lowest BCUT2D eigenvalue weighted by molar-refractivity contribution is -0.385. The normalized spacial score (nSPS) is 11.7. The third-order valence-electron chi connectivity index (χ3n) is 2.09. The average Bonchev–Trinajstić information content (AvgIpc) is 2.34. The monoisotopic (exact) mass is 288 g/mol. The molecular weight excluding hydrogens is 280 g/mol. The van der Waals surface area contributed by atoms with E-state index >= 15 is 0 Å². The molecule has 0 aliphatic carbocycles. The summed E-state index contributed by atoms with van der Waals surface area (Å²) in [5.41, 5.74) is 3.79. The van der Waals surface area contributed by atoms with Gasteiger partial charge in [0.05, 0.1) is 11.5 Å². The third-order valence-corrected chi connectivity index (χ3v) is 2.37. The van der Waals surface area contributed by atoms with Gasteiger partial charge in [0.2, 0.25) is 11.1 Å². The van der Waals surface area contributed by atoms with E-state index in [1.54, 1.807) is 0 Å². The fraction of sp³-hybridized carbons (Fsp3) is 0.222. The van der Waals surface area contributed by atoms with E-state index in [-0.39, 0.29) is 5.56 Å². The van der Waals surface area contributed by atoms with Gasteiger partial charge < -0.3 is 16.2 Å². The first-order chi connectivity index (χ1) is 8.84. The summed E-state index contributed by atoms with van der Waals surface area (Å²) in [5, 5.41) is 21.5. The zero-order chi connectivity index (χ0) is 14.6. The van der Waals surface area contributed by atoms with Crippen LogP contribution in [0.2, 0.25) is 5.15 Å². The number of aliphatic hydroxyl groups is 1. The number of carbonyl (C=O) groups is 2. The molecule has 1 aromatic rings. The number of rotatable bonds is 5. The molecule has 19 heavy (non-hydrogen) atoms. The van der Waals surface area contributed by atoms with Crippen LogP contribution >= 0.6 is 11.6 Å². The summed E-state index contributed by atoms with van der Waals surface area (Å²) in [4.78, 5) is 35.6. The molecule has 102 valence electrons. The Labute approximate surface area is 111 Å². The van der Waals surface area contributed by atoms with E-state index in [0.29, 0.717) is 0 Å². The van der Waals surface area contributed by atoms with Crippen molar-refractivity contribution in [3.05, 3.63) is 33.1 Å². The third kappa shape index (κ3) is 3.60. The molecule has 0 saturated heterocycles. The Morgan fingerprint density at radius 1 is 1.63 bits per heavy atom. The van der Waals surface area contributed by atoms with Gasteiger partial charge in [0, 0.05) is 6.20 Å². The highest BCUT2D eigenvalue weighted by atomic mass is 35.5. The first-order valence-electron chi connectivity index (χ1n) is 4.89. The summed E-state index contributed by atoms with van der Waals surface area (Å²) in [6.07, 6.45) is -0.463. The van der Waals surface area contributed by atoms with Crippen molar-refractivity contribution in [2.24, 2.45) is 5.73 Å². The first kappa shape index (κ1) is 14.8. The lowest BCUT2D eigenvalue weighted by Gasteiger charge is -2.08. The molecule has 0 aliphatic rings. The molecule has 9 nitrogen and oxygen atoms in total. The van der Waals surface area contributed by atoms with Gasteiger partial charge in [-0.2, -0.15) is 0 Å². The first-order valence-corrected chi connectivity index (χ1v) is 5.27. The van der Waals surface area contributed by atoms with Gasteiger partial charge in [-0.25, -0.2) is 4.98 Å². The predicted octanol–water partition coefficient (Wildman–Crippen LogP) is -0.781. The highest BCUT2D eigenvalue weighted by molar-refractivity contribution is 6.32. The molecule has 10 heteroatoms. The van der Waals surface area contributed by atoms with Crippen LogP contribution in [0.5, 0.6) is 0 Å². The smallest absolute Gasteiger partial charge is 0.319 e. The van der Waals surface area contributed by atoms with Crippen LogP contribution < -0.4 is 11.1 Å². The van der Waals surface area contributed by atoms with Crippen LogP contribution in [0.1, 0.15) is 10.4 Å². The van der Waals surface area contributed by atoms with Crippen molar-refractivity contribution in [2.75, 3.05) is 6.54 Å². The van der Waals surface area contributed by atoms with Gasteiger partial charge in [-0.15, -0.1) is 0 Å². The minimum atomic E-state index is -1.58. The maximum atomic E-state index is 11.7. The number of nitro groups is 1. The maximum Gasteiger partial charge on any atom is 0.319 e. The Bertz CT molecular complexity index is 535. The Morgan fingerprint density at radius 2 is 2.26 bits per heavy atom. The summed E-state index contributed by atoms with van der Waals surface area (Å²) in [7, 11) is 0. The molecule has 1 aromatic heterocycles. The number of carbonyl (C=O) groups excluding carboxylic acids is 2.